The molecule has 0 spiro atoms. The first kappa shape index (κ1) is 27.8. The minimum absolute atomic E-state index is 0.161. The Kier molecular flexibility index (Phi) is 9.08. The monoisotopic (exact) mass is 545 g/mol. The summed E-state index contributed by atoms with van der Waals surface area (Å²) >= 11 is 0. The van der Waals surface area contributed by atoms with Crippen LogP contribution >= 0.6 is 0 Å². The molecule has 0 saturated heterocycles. The van der Waals surface area contributed by atoms with Crippen LogP contribution in [-0.4, -0.2) is 54.8 Å². The molecule has 9 nitrogen and oxygen atoms in total. The van der Waals surface area contributed by atoms with E-state index in [4.69, 9.17) is 0 Å². The molecule has 0 unspecified atom stereocenters. The van der Waals surface area contributed by atoms with E-state index >= 15 is 0 Å². The van der Waals surface area contributed by atoms with E-state index in [1.807, 2.05) is 0 Å². The Morgan fingerprint density at radius 2 is 0.800 bits per heavy atom. The molecule has 212 valence electrons. The molecule has 9 heteroatoms. The number of carbonyl (C=O) groups is 4. The molecule has 5 heterocycles. The molecular weight excluding hydrogens is 506 g/mol. The summed E-state index contributed by atoms with van der Waals surface area (Å²) in [5, 5.41) is 12.1. The number of pyridine rings is 1. The van der Waals surface area contributed by atoms with E-state index in [1.165, 1.54) is 0 Å². The standard InChI is InChI=1S/C31H39N5O4/c37-28-24-3-1-4-25(15-24)29(38)33-17-21-9-13-23(14-10-21)19-35-31(40)27-6-2-5-26(36-27)30(39)34-18-22-11-7-20(8-12-22)16-32-28/h1-6,15,20-23H,7-14,16-19H2,(H,32,37)(H,33,38)(H,34,39)(H,35,40). The van der Waals surface area contributed by atoms with Crippen LogP contribution in [0.3, 0.4) is 0 Å². The van der Waals surface area contributed by atoms with Gasteiger partial charge in [0.05, 0.1) is 0 Å². The van der Waals surface area contributed by atoms with Crippen molar-refractivity contribution >= 4 is 23.6 Å². The van der Waals surface area contributed by atoms with Crippen molar-refractivity contribution in [2.45, 2.75) is 51.4 Å². The van der Waals surface area contributed by atoms with Gasteiger partial charge >= 0.3 is 0 Å². The van der Waals surface area contributed by atoms with E-state index in [2.05, 4.69) is 26.3 Å². The average molecular weight is 546 g/mol. The highest BCUT2D eigenvalue weighted by Crippen LogP contribution is 2.29. The lowest BCUT2D eigenvalue weighted by Gasteiger charge is -2.29. The van der Waals surface area contributed by atoms with E-state index in [0.29, 0.717) is 61.0 Å². The highest BCUT2D eigenvalue weighted by molar-refractivity contribution is 5.99. The van der Waals surface area contributed by atoms with Gasteiger partial charge in [-0.3, -0.25) is 19.2 Å². The van der Waals surface area contributed by atoms with Crippen molar-refractivity contribution in [3.05, 3.63) is 65.0 Å². The topological polar surface area (TPSA) is 129 Å². The fourth-order valence-electron chi connectivity index (χ4n) is 6.10. The highest BCUT2D eigenvalue weighted by atomic mass is 16.2. The highest BCUT2D eigenvalue weighted by Gasteiger charge is 2.25. The number of aromatic nitrogens is 1. The molecule has 0 radical (unpaired) electrons. The lowest BCUT2D eigenvalue weighted by atomic mass is 9.82. The quantitative estimate of drug-likeness (QED) is 0.404. The molecule has 1 aromatic carbocycles. The summed E-state index contributed by atoms with van der Waals surface area (Å²) < 4.78 is 0. The molecule has 40 heavy (non-hydrogen) atoms. The zero-order valence-electron chi connectivity index (χ0n) is 22.9. The molecule has 8 bridgehead atoms. The molecule has 0 atom stereocenters. The van der Waals surface area contributed by atoms with Gasteiger partial charge in [0.1, 0.15) is 11.4 Å². The molecule has 1 aromatic heterocycles. The van der Waals surface area contributed by atoms with Crippen molar-refractivity contribution in [1.29, 1.82) is 0 Å². The van der Waals surface area contributed by atoms with Crippen LogP contribution in [0.5, 0.6) is 0 Å². The Hall–Kier alpha value is -3.75. The van der Waals surface area contributed by atoms with Gasteiger partial charge in [-0.2, -0.15) is 0 Å². The van der Waals surface area contributed by atoms with Crippen molar-refractivity contribution in [2.75, 3.05) is 26.2 Å². The number of nitrogens with one attached hydrogen (secondary N) is 4. The third-order valence-corrected chi connectivity index (χ3v) is 8.74. The molecule has 2 saturated carbocycles. The second-order valence-corrected chi connectivity index (χ2v) is 11.6. The normalized spacial score (nSPS) is 26.8. The van der Waals surface area contributed by atoms with Crippen molar-refractivity contribution < 1.29 is 19.2 Å². The second kappa shape index (κ2) is 13.1. The van der Waals surface area contributed by atoms with Gasteiger partial charge in [-0.15, -0.1) is 0 Å². The Morgan fingerprint density at radius 1 is 0.475 bits per heavy atom. The van der Waals surface area contributed by atoms with Crippen molar-refractivity contribution in [1.82, 2.24) is 26.3 Å². The first-order valence-electron chi connectivity index (χ1n) is 14.6. The molecular formula is C31H39N5O4. The van der Waals surface area contributed by atoms with E-state index in [1.54, 1.807) is 42.5 Å². The molecule has 2 aromatic rings. The number of benzene rings is 1. The molecule has 6 aliphatic rings. The molecule has 4 aliphatic heterocycles. The van der Waals surface area contributed by atoms with Crippen LogP contribution in [0.1, 0.15) is 93.1 Å². The molecule has 2 fully saturated rings. The number of amides is 4. The maximum atomic E-state index is 12.8. The smallest absolute Gasteiger partial charge is 0.269 e. The zero-order valence-corrected chi connectivity index (χ0v) is 22.9. The summed E-state index contributed by atoms with van der Waals surface area (Å²) in [7, 11) is 0. The van der Waals surface area contributed by atoms with Crippen LogP contribution in [-0.2, 0) is 0 Å². The predicted molar refractivity (Wildman–Crippen MR) is 151 cm³/mol. The second-order valence-electron chi connectivity index (χ2n) is 11.6. The summed E-state index contributed by atoms with van der Waals surface area (Å²) in [5.41, 5.74) is 1.48. The number of nitrogens with zero attached hydrogens (tertiary/aromatic N) is 1. The lowest BCUT2D eigenvalue weighted by Crippen LogP contribution is -2.36. The maximum Gasteiger partial charge on any atom is 0.269 e. The summed E-state index contributed by atoms with van der Waals surface area (Å²) in [6.45, 7) is 2.31. The van der Waals surface area contributed by atoms with Gasteiger partial charge in [0.2, 0.25) is 0 Å². The van der Waals surface area contributed by atoms with Crippen LogP contribution in [0.25, 0.3) is 0 Å². The van der Waals surface area contributed by atoms with Crippen LogP contribution in [0.4, 0.5) is 0 Å². The van der Waals surface area contributed by atoms with Gasteiger partial charge < -0.3 is 21.3 Å². The summed E-state index contributed by atoms with van der Waals surface area (Å²) in [4.78, 5) is 55.5. The zero-order chi connectivity index (χ0) is 27.9. The van der Waals surface area contributed by atoms with Crippen molar-refractivity contribution in [3.8, 4) is 0 Å². The number of hydrogen-bond donors (Lipinski definition) is 4. The van der Waals surface area contributed by atoms with E-state index < -0.39 is 0 Å². The first-order valence-corrected chi connectivity index (χ1v) is 14.6. The van der Waals surface area contributed by atoms with Gasteiger partial charge in [-0.1, -0.05) is 12.1 Å². The van der Waals surface area contributed by atoms with E-state index in [9.17, 15) is 19.2 Å². The first-order chi connectivity index (χ1) is 19.4. The fourth-order valence-corrected chi connectivity index (χ4v) is 6.10. The van der Waals surface area contributed by atoms with Crippen molar-refractivity contribution in [2.24, 2.45) is 23.7 Å². The third-order valence-electron chi connectivity index (χ3n) is 8.74. The third kappa shape index (κ3) is 7.25. The van der Waals surface area contributed by atoms with Crippen molar-refractivity contribution in [3.63, 3.8) is 0 Å². The maximum absolute atomic E-state index is 12.8. The Labute approximate surface area is 235 Å². The van der Waals surface area contributed by atoms with E-state index in [0.717, 1.165) is 51.4 Å². The SMILES string of the molecule is O=C1NCC2CCC(CC2)CNC(=O)c2cccc(n2)C(=O)NCC2CCC(CC2)CNC(=O)c2cccc1c2. The fraction of sp³-hybridized carbons (Fsp3) is 0.516. The number of carbonyl (C=O) groups excluding carboxylic acids is 4. The molecule has 4 N–H and O–H groups in total. The van der Waals surface area contributed by atoms with Crippen LogP contribution in [0.2, 0.25) is 0 Å². The largest absolute Gasteiger partial charge is 0.352 e. The Balaban J connectivity index is 1.25. The Morgan fingerprint density at radius 3 is 1.18 bits per heavy atom. The molecule has 2 aliphatic carbocycles. The summed E-state index contributed by atoms with van der Waals surface area (Å²) in [6, 6.07) is 11.9. The number of hydrogen-bond acceptors (Lipinski definition) is 5. The molecule has 8 rings (SSSR count). The van der Waals surface area contributed by atoms with Gasteiger partial charge in [0.25, 0.3) is 23.6 Å². The van der Waals surface area contributed by atoms with Gasteiger partial charge in [0, 0.05) is 37.3 Å². The van der Waals surface area contributed by atoms with Crippen LogP contribution in [0, 0.1) is 23.7 Å². The minimum Gasteiger partial charge on any atom is -0.352 e. The number of rotatable bonds is 0. The average Bonchev–Trinajstić information content (AvgIpc) is 3.00. The van der Waals surface area contributed by atoms with Gasteiger partial charge in [0.15, 0.2) is 0 Å². The van der Waals surface area contributed by atoms with Gasteiger partial charge in [-0.05, 0) is 105 Å². The Bertz CT molecular complexity index is 1050. The summed E-state index contributed by atoms with van der Waals surface area (Å²) in [6.07, 6.45) is 7.75. The van der Waals surface area contributed by atoms with E-state index in [-0.39, 0.29) is 35.0 Å². The van der Waals surface area contributed by atoms with Crippen LogP contribution < -0.4 is 21.3 Å². The lowest BCUT2D eigenvalue weighted by molar-refractivity contribution is 0.0910. The van der Waals surface area contributed by atoms with Crippen LogP contribution in [0.15, 0.2) is 42.5 Å². The minimum atomic E-state index is -0.266. The molecule has 4 amide bonds. The van der Waals surface area contributed by atoms with Gasteiger partial charge in [-0.25, -0.2) is 4.98 Å². The predicted octanol–water partition coefficient (Wildman–Crippen LogP) is 3.33. The summed E-state index contributed by atoms with van der Waals surface area (Å²) in [5.74, 6) is 0.644.